The van der Waals surface area contributed by atoms with Crippen molar-refractivity contribution in [1.29, 1.82) is 0 Å². The Morgan fingerprint density at radius 3 is 2.47 bits per heavy atom. The van der Waals surface area contributed by atoms with Crippen molar-refractivity contribution in [2.75, 3.05) is 20.2 Å². The molecule has 2 rings (SSSR count). The number of ether oxygens (including phenoxy) is 2. The average Bonchev–Trinajstić information content (AvgIpc) is 2.36. The number of aromatic hydroxyl groups is 1. The SMILES string of the molecule is COc1ccc(C(C)N2CC(C)OC(C)C2)c(O)c1. The Morgan fingerprint density at radius 2 is 1.95 bits per heavy atom. The van der Waals surface area contributed by atoms with E-state index in [4.69, 9.17) is 9.47 Å². The summed E-state index contributed by atoms with van der Waals surface area (Å²) in [7, 11) is 1.60. The Balaban J connectivity index is 2.16. The summed E-state index contributed by atoms with van der Waals surface area (Å²) in [6, 6.07) is 5.65. The molecular formula is C15H23NO3. The number of rotatable bonds is 3. The molecule has 0 saturated carbocycles. The minimum Gasteiger partial charge on any atom is -0.507 e. The summed E-state index contributed by atoms with van der Waals surface area (Å²) in [5.41, 5.74) is 0.933. The van der Waals surface area contributed by atoms with Crippen molar-refractivity contribution in [3.63, 3.8) is 0 Å². The van der Waals surface area contributed by atoms with E-state index in [9.17, 15) is 5.11 Å². The summed E-state index contributed by atoms with van der Waals surface area (Å²) >= 11 is 0. The van der Waals surface area contributed by atoms with Gasteiger partial charge in [-0.05, 0) is 26.8 Å². The fourth-order valence-corrected chi connectivity index (χ4v) is 2.73. The van der Waals surface area contributed by atoms with Crippen LogP contribution in [0, 0.1) is 0 Å². The number of nitrogens with zero attached hydrogens (tertiary/aromatic N) is 1. The first-order valence-electron chi connectivity index (χ1n) is 6.77. The summed E-state index contributed by atoms with van der Waals surface area (Å²) in [6.07, 6.45) is 0.457. The highest BCUT2D eigenvalue weighted by Gasteiger charge is 2.27. The van der Waals surface area contributed by atoms with Crippen molar-refractivity contribution in [3.8, 4) is 11.5 Å². The molecule has 0 spiro atoms. The Morgan fingerprint density at radius 1 is 1.32 bits per heavy atom. The molecule has 4 heteroatoms. The van der Waals surface area contributed by atoms with Crippen LogP contribution in [-0.4, -0.2) is 42.4 Å². The van der Waals surface area contributed by atoms with Crippen LogP contribution in [0.5, 0.6) is 11.5 Å². The lowest BCUT2D eigenvalue weighted by Gasteiger charge is -2.39. The zero-order valence-electron chi connectivity index (χ0n) is 12.1. The Hall–Kier alpha value is -1.26. The van der Waals surface area contributed by atoms with E-state index >= 15 is 0 Å². The molecule has 1 aliphatic rings. The van der Waals surface area contributed by atoms with Crippen molar-refractivity contribution < 1.29 is 14.6 Å². The van der Waals surface area contributed by atoms with Gasteiger partial charge in [-0.25, -0.2) is 0 Å². The van der Waals surface area contributed by atoms with Gasteiger partial charge < -0.3 is 14.6 Å². The van der Waals surface area contributed by atoms with Crippen LogP contribution in [-0.2, 0) is 4.74 Å². The normalized spacial score (nSPS) is 26.1. The van der Waals surface area contributed by atoms with E-state index in [0.717, 1.165) is 18.7 Å². The lowest BCUT2D eigenvalue weighted by atomic mass is 10.0. The van der Waals surface area contributed by atoms with Gasteiger partial charge in [0, 0.05) is 30.8 Å². The lowest BCUT2D eigenvalue weighted by molar-refractivity contribution is -0.0791. The van der Waals surface area contributed by atoms with Gasteiger partial charge in [-0.15, -0.1) is 0 Å². The second-order valence-corrected chi connectivity index (χ2v) is 5.31. The van der Waals surface area contributed by atoms with Crippen LogP contribution in [0.25, 0.3) is 0 Å². The molecular weight excluding hydrogens is 242 g/mol. The third kappa shape index (κ3) is 3.19. The fourth-order valence-electron chi connectivity index (χ4n) is 2.73. The first kappa shape index (κ1) is 14.2. The van der Waals surface area contributed by atoms with Gasteiger partial charge in [0.15, 0.2) is 0 Å². The highest BCUT2D eigenvalue weighted by Crippen LogP contribution is 2.32. The van der Waals surface area contributed by atoms with Gasteiger partial charge in [0.05, 0.1) is 19.3 Å². The van der Waals surface area contributed by atoms with E-state index in [1.807, 2.05) is 12.1 Å². The molecule has 3 unspecified atom stereocenters. The molecule has 1 N–H and O–H groups in total. The van der Waals surface area contributed by atoms with Crippen molar-refractivity contribution in [2.45, 2.75) is 39.0 Å². The van der Waals surface area contributed by atoms with E-state index in [0.29, 0.717) is 11.5 Å². The van der Waals surface area contributed by atoms with Crippen molar-refractivity contribution in [3.05, 3.63) is 23.8 Å². The summed E-state index contributed by atoms with van der Waals surface area (Å²) in [4.78, 5) is 2.35. The molecule has 1 aromatic rings. The number of phenolic OH excluding ortho intramolecular Hbond substituents is 1. The van der Waals surface area contributed by atoms with Gasteiger partial charge in [0.2, 0.25) is 0 Å². The van der Waals surface area contributed by atoms with Crippen LogP contribution in [0.1, 0.15) is 32.4 Å². The van der Waals surface area contributed by atoms with Gasteiger partial charge in [0.25, 0.3) is 0 Å². The molecule has 3 atom stereocenters. The maximum atomic E-state index is 10.1. The largest absolute Gasteiger partial charge is 0.507 e. The summed E-state index contributed by atoms with van der Waals surface area (Å²) in [5, 5.41) is 10.1. The summed E-state index contributed by atoms with van der Waals surface area (Å²) in [6.45, 7) is 8.06. The number of methoxy groups -OCH3 is 1. The molecule has 106 valence electrons. The van der Waals surface area contributed by atoms with Crippen LogP contribution in [0.3, 0.4) is 0 Å². The average molecular weight is 265 g/mol. The zero-order valence-corrected chi connectivity index (χ0v) is 12.1. The highest BCUT2D eigenvalue weighted by atomic mass is 16.5. The van der Waals surface area contributed by atoms with Crippen LogP contribution in [0.4, 0.5) is 0 Å². The van der Waals surface area contributed by atoms with Crippen molar-refractivity contribution >= 4 is 0 Å². The molecule has 0 radical (unpaired) electrons. The maximum Gasteiger partial charge on any atom is 0.124 e. The molecule has 19 heavy (non-hydrogen) atoms. The molecule has 1 aromatic carbocycles. The van der Waals surface area contributed by atoms with Gasteiger partial charge in [-0.1, -0.05) is 6.07 Å². The van der Waals surface area contributed by atoms with E-state index in [1.165, 1.54) is 0 Å². The molecule has 4 nitrogen and oxygen atoms in total. The number of morpholine rings is 1. The first-order valence-corrected chi connectivity index (χ1v) is 6.77. The second-order valence-electron chi connectivity index (χ2n) is 5.31. The molecule has 0 amide bonds. The predicted octanol–water partition coefficient (Wildman–Crippen LogP) is 2.57. The molecule has 1 saturated heterocycles. The van der Waals surface area contributed by atoms with Crippen LogP contribution in [0.15, 0.2) is 18.2 Å². The predicted molar refractivity (Wildman–Crippen MR) is 74.7 cm³/mol. The van der Waals surface area contributed by atoms with Gasteiger partial charge in [0.1, 0.15) is 11.5 Å². The van der Waals surface area contributed by atoms with Crippen molar-refractivity contribution in [1.82, 2.24) is 4.90 Å². The van der Waals surface area contributed by atoms with Crippen molar-refractivity contribution in [2.24, 2.45) is 0 Å². The third-order valence-electron chi connectivity index (χ3n) is 3.68. The molecule has 1 fully saturated rings. The standard InChI is InChI=1S/C15H23NO3/c1-10-8-16(9-11(2)19-10)12(3)14-6-5-13(18-4)7-15(14)17/h5-7,10-12,17H,8-9H2,1-4H3. The molecule has 1 aliphatic heterocycles. The quantitative estimate of drug-likeness (QED) is 0.912. The molecule has 0 aromatic heterocycles. The van der Waals surface area contributed by atoms with Gasteiger partial charge in [-0.2, -0.15) is 0 Å². The summed E-state index contributed by atoms with van der Waals surface area (Å²) in [5.74, 6) is 0.968. The summed E-state index contributed by atoms with van der Waals surface area (Å²) < 4.78 is 10.9. The molecule has 0 bridgehead atoms. The smallest absolute Gasteiger partial charge is 0.124 e. The van der Waals surface area contributed by atoms with Gasteiger partial charge in [-0.3, -0.25) is 4.90 Å². The zero-order chi connectivity index (χ0) is 14.0. The second kappa shape index (κ2) is 5.80. The van der Waals surface area contributed by atoms with E-state index in [1.54, 1.807) is 13.2 Å². The Labute approximate surface area is 114 Å². The number of hydrogen-bond donors (Lipinski definition) is 1. The number of hydrogen-bond acceptors (Lipinski definition) is 4. The fraction of sp³-hybridized carbons (Fsp3) is 0.600. The Kier molecular flexibility index (Phi) is 4.32. The maximum absolute atomic E-state index is 10.1. The third-order valence-corrected chi connectivity index (χ3v) is 3.68. The van der Waals surface area contributed by atoms with E-state index in [2.05, 4.69) is 25.7 Å². The van der Waals surface area contributed by atoms with E-state index < -0.39 is 0 Å². The lowest BCUT2D eigenvalue weighted by Crippen LogP contribution is -2.46. The topological polar surface area (TPSA) is 41.9 Å². The number of benzene rings is 1. The molecule has 0 aliphatic carbocycles. The highest BCUT2D eigenvalue weighted by molar-refractivity contribution is 5.41. The Bertz CT molecular complexity index is 425. The van der Waals surface area contributed by atoms with E-state index in [-0.39, 0.29) is 18.2 Å². The van der Waals surface area contributed by atoms with Crippen LogP contribution < -0.4 is 4.74 Å². The number of phenols is 1. The monoisotopic (exact) mass is 265 g/mol. The molecule has 1 heterocycles. The minimum atomic E-state index is 0.166. The minimum absolute atomic E-state index is 0.166. The first-order chi connectivity index (χ1) is 9.01. The van der Waals surface area contributed by atoms with Crippen LogP contribution >= 0.6 is 0 Å². The van der Waals surface area contributed by atoms with Crippen LogP contribution in [0.2, 0.25) is 0 Å². The van der Waals surface area contributed by atoms with Gasteiger partial charge >= 0.3 is 0 Å².